The molecule has 0 unspecified atom stereocenters. The van der Waals surface area contributed by atoms with Gasteiger partial charge >= 0.3 is 0 Å². The summed E-state index contributed by atoms with van der Waals surface area (Å²) in [4.78, 5) is 15.2. The largest absolute Gasteiger partial charge is 0.349 e. The van der Waals surface area contributed by atoms with Gasteiger partial charge in [0.05, 0.1) is 0 Å². The fraction of sp³-hybridized carbons (Fsp3) is 0.611. The van der Waals surface area contributed by atoms with Crippen LogP contribution in [0.1, 0.15) is 31.9 Å². The lowest BCUT2D eigenvalue weighted by molar-refractivity contribution is -1.02. The molecule has 1 aliphatic heterocycles. The second-order valence-electron chi connectivity index (χ2n) is 6.90. The molecule has 0 radical (unpaired) electrons. The van der Waals surface area contributed by atoms with Crippen LogP contribution in [0.3, 0.4) is 0 Å². The summed E-state index contributed by atoms with van der Waals surface area (Å²) in [5.41, 5.74) is 2.83. The van der Waals surface area contributed by atoms with Gasteiger partial charge in [-0.25, -0.2) is 0 Å². The third kappa shape index (κ3) is 4.55. The molecule has 2 rings (SSSR count). The Labute approximate surface area is 134 Å². The van der Waals surface area contributed by atoms with Gasteiger partial charge in [0.2, 0.25) is 0 Å². The highest BCUT2D eigenvalue weighted by Gasteiger charge is 2.31. The van der Waals surface area contributed by atoms with Gasteiger partial charge in [-0.05, 0) is 33.3 Å². The van der Waals surface area contributed by atoms with E-state index in [1.807, 2.05) is 13.8 Å². The molecule has 122 valence electrons. The quantitative estimate of drug-likeness (QED) is 0.654. The van der Waals surface area contributed by atoms with Crippen molar-refractivity contribution in [3.63, 3.8) is 0 Å². The predicted octanol–water partition coefficient (Wildman–Crippen LogP) is -0.808. The molecule has 1 aromatic carbocycles. The Morgan fingerprint density at radius 1 is 1.14 bits per heavy atom. The fourth-order valence-corrected chi connectivity index (χ4v) is 3.21. The van der Waals surface area contributed by atoms with Crippen LogP contribution in [0.25, 0.3) is 0 Å². The second kappa shape index (κ2) is 7.75. The molecule has 1 aliphatic rings. The van der Waals surface area contributed by atoms with Crippen LogP contribution in [0.15, 0.2) is 24.3 Å². The highest BCUT2D eigenvalue weighted by molar-refractivity contribution is 5.80. The average Bonchev–Trinajstić information content (AvgIpc) is 2.49. The number of amides is 1. The molecule has 22 heavy (non-hydrogen) atoms. The van der Waals surface area contributed by atoms with E-state index in [0.717, 1.165) is 32.7 Å². The van der Waals surface area contributed by atoms with Crippen LogP contribution in [-0.4, -0.2) is 44.2 Å². The molecule has 0 spiro atoms. The zero-order chi connectivity index (χ0) is 16.1. The number of carbonyl (C=O) groups is 1. The van der Waals surface area contributed by atoms with Crippen LogP contribution in [0.4, 0.5) is 0 Å². The molecule has 4 nitrogen and oxygen atoms in total. The maximum Gasteiger partial charge on any atom is 0.278 e. The number of hydrogen-bond acceptors (Lipinski definition) is 1. The van der Waals surface area contributed by atoms with Gasteiger partial charge in [-0.3, -0.25) is 4.79 Å². The van der Waals surface area contributed by atoms with Crippen molar-refractivity contribution in [2.24, 2.45) is 0 Å². The molecule has 1 amide bonds. The van der Waals surface area contributed by atoms with Gasteiger partial charge < -0.3 is 15.1 Å². The first kappa shape index (κ1) is 17.0. The molecule has 0 aliphatic carbocycles. The summed E-state index contributed by atoms with van der Waals surface area (Å²) < 4.78 is 0. The lowest BCUT2D eigenvalue weighted by Crippen LogP contribution is -3.29. The number of nitrogens with one attached hydrogen (secondary N) is 3. The topological polar surface area (TPSA) is 38.0 Å². The molecule has 4 heteroatoms. The van der Waals surface area contributed by atoms with Crippen molar-refractivity contribution in [2.45, 2.75) is 46.3 Å². The Morgan fingerprint density at radius 3 is 2.36 bits per heavy atom. The Kier molecular flexibility index (Phi) is 5.98. The first-order chi connectivity index (χ1) is 10.5. The van der Waals surface area contributed by atoms with Gasteiger partial charge in [-0.15, -0.1) is 0 Å². The smallest absolute Gasteiger partial charge is 0.278 e. The van der Waals surface area contributed by atoms with E-state index in [-0.39, 0.29) is 18.0 Å². The zero-order valence-electron chi connectivity index (χ0n) is 14.4. The molecule has 0 aromatic heterocycles. The Balaban J connectivity index is 1.83. The fourth-order valence-electron chi connectivity index (χ4n) is 3.21. The van der Waals surface area contributed by atoms with Gasteiger partial charge in [0, 0.05) is 11.6 Å². The summed E-state index contributed by atoms with van der Waals surface area (Å²) in [5, 5.41) is 3.03. The van der Waals surface area contributed by atoms with Crippen LogP contribution >= 0.6 is 0 Å². The van der Waals surface area contributed by atoms with E-state index in [4.69, 9.17) is 0 Å². The summed E-state index contributed by atoms with van der Waals surface area (Å²) >= 11 is 0. The van der Waals surface area contributed by atoms with Crippen molar-refractivity contribution in [2.75, 3.05) is 26.2 Å². The van der Waals surface area contributed by atoms with E-state index in [1.54, 1.807) is 4.90 Å². The van der Waals surface area contributed by atoms with E-state index in [0.29, 0.717) is 0 Å². The molecule has 3 N–H and O–H groups in total. The predicted molar refractivity (Wildman–Crippen MR) is 89.0 cm³/mol. The molecule has 1 heterocycles. The molecular weight excluding hydrogens is 274 g/mol. The van der Waals surface area contributed by atoms with E-state index in [1.165, 1.54) is 16.0 Å². The summed E-state index contributed by atoms with van der Waals surface area (Å²) in [6.07, 6.45) is 0. The third-order valence-corrected chi connectivity index (χ3v) is 4.74. The first-order valence-corrected chi connectivity index (χ1v) is 8.50. The lowest BCUT2D eigenvalue weighted by atomic mass is 10.1. The minimum Gasteiger partial charge on any atom is -0.349 e. The number of quaternary nitrogens is 2. The summed E-state index contributed by atoms with van der Waals surface area (Å²) in [5.74, 6) is 0.187. The Morgan fingerprint density at radius 2 is 1.77 bits per heavy atom. The Hall–Kier alpha value is -1.39. The monoisotopic (exact) mass is 305 g/mol. The molecule has 1 saturated heterocycles. The highest BCUT2D eigenvalue weighted by Crippen LogP contribution is 2.04. The van der Waals surface area contributed by atoms with Gasteiger partial charge in [-0.2, -0.15) is 0 Å². The van der Waals surface area contributed by atoms with Crippen LogP contribution in [0, 0.1) is 6.92 Å². The van der Waals surface area contributed by atoms with Crippen molar-refractivity contribution in [3.8, 4) is 0 Å². The van der Waals surface area contributed by atoms with Gasteiger partial charge in [0.15, 0.2) is 6.04 Å². The van der Waals surface area contributed by atoms with Crippen LogP contribution in [-0.2, 0) is 11.3 Å². The SMILES string of the molecule is Cc1ccccc1C[NH+]1CC[NH+]([C@@H](C)C(=O)NC(C)C)CC1. The summed E-state index contributed by atoms with van der Waals surface area (Å²) in [6.45, 7) is 13.8. The lowest BCUT2D eigenvalue weighted by Gasteiger charge is -2.33. The van der Waals surface area contributed by atoms with Crippen LogP contribution in [0.2, 0.25) is 0 Å². The summed E-state index contributed by atoms with van der Waals surface area (Å²) in [6, 6.07) is 8.94. The van der Waals surface area contributed by atoms with Gasteiger partial charge in [0.25, 0.3) is 5.91 Å². The molecule has 1 atom stereocenters. The number of hydrogen-bond donors (Lipinski definition) is 3. The van der Waals surface area contributed by atoms with Crippen molar-refractivity contribution < 1.29 is 14.6 Å². The van der Waals surface area contributed by atoms with Crippen molar-refractivity contribution in [1.82, 2.24) is 5.32 Å². The van der Waals surface area contributed by atoms with Crippen LogP contribution in [0.5, 0.6) is 0 Å². The third-order valence-electron chi connectivity index (χ3n) is 4.74. The number of piperazine rings is 1. The molecule has 1 aromatic rings. The number of aryl methyl sites for hydroxylation is 1. The molecule has 1 fully saturated rings. The zero-order valence-corrected chi connectivity index (χ0v) is 14.4. The first-order valence-electron chi connectivity index (χ1n) is 8.50. The second-order valence-corrected chi connectivity index (χ2v) is 6.90. The van der Waals surface area contributed by atoms with E-state index >= 15 is 0 Å². The van der Waals surface area contributed by atoms with Crippen molar-refractivity contribution in [3.05, 3.63) is 35.4 Å². The Bertz CT molecular complexity index is 493. The normalized spacial score (nSPS) is 23.3. The van der Waals surface area contributed by atoms with Gasteiger partial charge in [0.1, 0.15) is 32.7 Å². The van der Waals surface area contributed by atoms with E-state index in [9.17, 15) is 4.79 Å². The number of rotatable bonds is 5. The van der Waals surface area contributed by atoms with Crippen molar-refractivity contribution in [1.29, 1.82) is 0 Å². The van der Waals surface area contributed by atoms with Crippen LogP contribution < -0.4 is 15.1 Å². The standard InChI is InChI=1S/C18H29N3O/c1-14(2)19-18(22)16(4)21-11-9-20(10-12-21)13-17-8-6-5-7-15(17)3/h5-8,14,16H,9-13H2,1-4H3,(H,19,22)/p+2/t16-/m0/s1. The highest BCUT2D eigenvalue weighted by atomic mass is 16.2. The van der Waals surface area contributed by atoms with E-state index in [2.05, 4.69) is 43.4 Å². The maximum atomic E-state index is 12.1. The minimum absolute atomic E-state index is 0.0578. The molecular formula is C18H31N3O+2. The average molecular weight is 305 g/mol. The molecule has 0 saturated carbocycles. The summed E-state index contributed by atoms with van der Waals surface area (Å²) in [7, 11) is 0. The minimum atomic E-state index is 0.0578. The number of benzene rings is 1. The maximum absolute atomic E-state index is 12.1. The van der Waals surface area contributed by atoms with Gasteiger partial charge in [-0.1, -0.05) is 24.3 Å². The van der Waals surface area contributed by atoms with Crippen molar-refractivity contribution >= 4 is 5.91 Å². The molecule has 0 bridgehead atoms. The van der Waals surface area contributed by atoms with E-state index < -0.39 is 0 Å². The number of carbonyl (C=O) groups excluding carboxylic acids is 1.